The molecule has 0 aliphatic heterocycles. The van der Waals surface area contributed by atoms with Gasteiger partial charge >= 0.3 is 0 Å². The van der Waals surface area contributed by atoms with Gasteiger partial charge < -0.3 is 20.1 Å². The Morgan fingerprint density at radius 2 is 1.67 bits per heavy atom. The highest BCUT2D eigenvalue weighted by atomic mass is 16.5. The predicted molar refractivity (Wildman–Crippen MR) is 106 cm³/mol. The van der Waals surface area contributed by atoms with E-state index in [2.05, 4.69) is 37.7 Å². The Morgan fingerprint density at radius 1 is 0.889 bits per heavy atom. The van der Waals surface area contributed by atoms with Gasteiger partial charge in [0.05, 0.1) is 19.9 Å². The molecule has 0 saturated heterocycles. The predicted octanol–water partition coefficient (Wildman–Crippen LogP) is 3.60. The molecule has 140 valence electrons. The molecule has 0 radical (unpaired) electrons. The Bertz CT molecular complexity index is 887. The number of nitrogens with one attached hydrogen (secondary N) is 2. The summed E-state index contributed by atoms with van der Waals surface area (Å²) in [6.07, 6.45) is 0.890. The summed E-state index contributed by atoms with van der Waals surface area (Å²) in [5.41, 5.74) is 2.01. The molecule has 2 aromatic carbocycles. The number of aryl methyl sites for hydroxylation is 1. The highest BCUT2D eigenvalue weighted by molar-refractivity contribution is 5.64. The molecule has 7 heteroatoms. The molecule has 0 bridgehead atoms. The van der Waals surface area contributed by atoms with Crippen LogP contribution in [0.2, 0.25) is 0 Å². The van der Waals surface area contributed by atoms with E-state index in [0.29, 0.717) is 29.2 Å². The second-order valence-corrected chi connectivity index (χ2v) is 5.88. The van der Waals surface area contributed by atoms with E-state index in [0.717, 1.165) is 18.7 Å². The zero-order valence-electron chi connectivity index (χ0n) is 15.7. The summed E-state index contributed by atoms with van der Waals surface area (Å²) < 4.78 is 10.6. The van der Waals surface area contributed by atoms with Crippen molar-refractivity contribution in [3.63, 3.8) is 0 Å². The number of aromatic nitrogens is 3. The lowest BCUT2D eigenvalue weighted by atomic mass is 10.1. The molecule has 3 rings (SSSR count). The number of hydrogen-bond acceptors (Lipinski definition) is 7. The van der Waals surface area contributed by atoms with Crippen LogP contribution in [-0.4, -0.2) is 35.7 Å². The third-order valence-corrected chi connectivity index (χ3v) is 3.94. The highest BCUT2D eigenvalue weighted by Gasteiger charge is 2.09. The van der Waals surface area contributed by atoms with Crippen LogP contribution in [-0.2, 0) is 6.42 Å². The molecule has 0 saturated carbocycles. The fourth-order valence-electron chi connectivity index (χ4n) is 2.60. The van der Waals surface area contributed by atoms with Crippen molar-refractivity contribution < 1.29 is 9.47 Å². The first-order chi connectivity index (χ1) is 13.2. The second kappa shape index (κ2) is 8.84. The van der Waals surface area contributed by atoms with E-state index >= 15 is 0 Å². The van der Waals surface area contributed by atoms with Crippen molar-refractivity contribution in [1.82, 2.24) is 15.0 Å². The number of rotatable bonds is 8. The molecule has 0 spiro atoms. The average molecular weight is 365 g/mol. The fraction of sp³-hybridized carbons (Fsp3) is 0.250. The van der Waals surface area contributed by atoms with Gasteiger partial charge in [-0.05, 0) is 31.0 Å². The number of anilines is 3. The van der Waals surface area contributed by atoms with Crippen LogP contribution < -0.4 is 20.1 Å². The maximum atomic E-state index is 5.41. The summed E-state index contributed by atoms with van der Waals surface area (Å²) in [5.74, 6) is 2.97. The topological polar surface area (TPSA) is 81.2 Å². The Morgan fingerprint density at radius 3 is 2.41 bits per heavy atom. The summed E-state index contributed by atoms with van der Waals surface area (Å²) in [5, 5.41) is 6.43. The minimum atomic E-state index is 0.452. The smallest absolute Gasteiger partial charge is 0.232 e. The average Bonchev–Trinajstić information content (AvgIpc) is 2.69. The van der Waals surface area contributed by atoms with Crippen molar-refractivity contribution in [3.05, 3.63) is 59.9 Å². The van der Waals surface area contributed by atoms with Crippen molar-refractivity contribution in [2.24, 2.45) is 0 Å². The molecule has 2 N–H and O–H groups in total. The first kappa shape index (κ1) is 18.4. The van der Waals surface area contributed by atoms with E-state index in [4.69, 9.17) is 9.47 Å². The van der Waals surface area contributed by atoms with Crippen LogP contribution in [0.25, 0.3) is 0 Å². The lowest BCUT2D eigenvalue weighted by Crippen LogP contribution is -2.11. The Balaban J connectivity index is 1.70. The van der Waals surface area contributed by atoms with Gasteiger partial charge in [0.25, 0.3) is 0 Å². The van der Waals surface area contributed by atoms with Crippen LogP contribution in [0.4, 0.5) is 17.6 Å². The van der Waals surface area contributed by atoms with E-state index in [9.17, 15) is 0 Å². The molecule has 1 heterocycles. The number of benzene rings is 2. The molecule has 7 nitrogen and oxygen atoms in total. The van der Waals surface area contributed by atoms with Gasteiger partial charge in [0.1, 0.15) is 17.3 Å². The van der Waals surface area contributed by atoms with E-state index < -0.39 is 0 Å². The molecule has 0 aliphatic rings. The van der Waals surface area contributed by atoms with Gasteiger partial charge in [-0.1, -0.05) is 30.3 Å². The first-order valence-corrected chi connectivity index (χ1v) is 8.67. The molecular formula is C20H23N5O2. The van der Waals surface area contributed by atoms with E-state index in [1.807, 2.05) is 37.3 Å². The number of ether oxygens (including phenoxy) is 2. The molecule has 0 fully saturated rings. The van der Waals surface area contributed by atoms with Crippen molar-refractivity contribution in [2.45, 2.75) is 13.3 Å². The molecule has 0 unspecified atom stereocenters. The molecule has 1 aromatic heterocycles. The van der Waals surface area contributed by atoms with Crippen LogP contribution in [0, 0.1) is 6.92 Å². The summed E-state index contributed by atoms with van der Waals surface area (Å²) in [7, 11) is 3.22. The van der Waals surface area contributed by atoms with Gasteiger partial charge in [-0.3, -0.25) is 0 Å². The quantitative estimate of drug-likeness (QED) is 0.631. The Hall–Kier alpha value is -3.35. The third kappa shape index (κ3) is 5.07. The number of methoxy groups -OCH3 is 2. The maximum Gasteiger partial charge on any atom is 0.232 e. The Kier molecular flexibility index (Phi) is 6.04. The van der Waals surface area contributed by atoms with Crippen LogP contribution in [0.15, 0.2) is 48.5 Å². The minimum Gasteiger partial charge on any atom is -0.497 e. The largest absolute Gasteiger partial charge is 0.497 e. The summed E-state index contributed by atoms with van der Waals surface area (Å²) >= 11 is 0. The number of hydrogen-bond donors (Lipinski definition) is 2. The van der Waals surface area contributed by atoms with Gasteiger partial charge in [0.2, 0.25) is 11.9 Å². The summed E-state index contributed by atoms with van der Waals surface area (Å²) in [6, 6.07) is 15.8. The van der Waals surface area contributed by atoms with Gasteiger partial charge in [-0.15, -0.1) is 0 Å². The fourth-order valence-corrected chi connectivity index (χ4v) is 2.60. The molecule has 3 aromatic rings. The van der Waals surface area contributed by atoms with Crippen LogP contribution in [0.1, 0.15) is 11.4 Å². The van der Waals surface area contributed by atoms with Crippen molar-refractivity contribution in [3.8, 4) is 11.5 Å². The summed E-state index contributed by atoms with van der Waals surface area (Å²) in [4.78, 5) is 13.2. The molecule has 0 amide bonds. The SMILES string of the molecule is COc1ccc(Nc2nc(C)nc(NCCc3ccccc3)n2)c(OC)c1. The molecule has 27 heavy (non-hydrogen) atoms. The van der Waals surface area contributed by atoms with Crippen LogP contribution in [0.3, 0.4) is 0 Å². The standard InChI is InChI=1S/C20H23N5O2/c1-14-22-19(21-12-11-15-7-5-4-6-8-15)25-20(23-14)24-17-10-9-16(26-2)13-18(17)27-3/h4-10,13H,11-12H2,1-3H3,(H2,21,22,23,24,25). The van der Waals surface area contributed by atoms with Gasteiger partial charge in [0, 0.05) is 12.6 Å². The monoisotopic (exact) mass is 365 g/mol. The molecule has 0 atom stereocenters. The first-order valence-electron chi connectivity index (χ1n) is 8.67. The van der Waals surface area contributed by atoms with Gasteiger partial charge in [-0.2, -0.15) is 15.0 Å². The highest BCUT2D eigenvalue weighted by Crippen LogP contribution is 2.30. The third-order valence-electron chi connectivity index (χ3n) is 3.94. The van der Waals surface area contributed by atoms with E-state index in [-0.39, 0.29) is 0 Å². The van der Waals surface area contributed by atoms with E-state index in [1.54, 1.807) is 20.3 Å². The normalized spacial score (nSPS) is 10.3. The minimum absolute atomic E-state index is 0.452. The summed E-state index contributed by atoms with van der Waals surface area (Å²) in [6.45, 7) is 2.57. The zero-order valence-corrected chi connectivity index (χ0v) is 15.7. The Labute approximate surface area is 158 Å². The lowest BCUT2D eigenvalue weighted by Gasteiger charge is -2.12. The number of nitrogens with zero attached hydrogens (tertiary/aromatic N) is 3. The zero-order chi connectivity index (χ0) is 19.1. The molecule has 0 aliphatic carbocycles. The van der Waals surface area contributed by atoms with Gasteiger partial charge in [0.15, 0.2) is 0 Å². The maximum absolute atomic E-state index is 5.41. The second-order valence-electron chi connectivity index (χ2n) is 5.88. The van der Waals surface area contributed by atoms with Crippen molar-refractivity contribution in [2.75, 3.05) is 31.4 Å². The van der Waals surface area contributed by atoms with Crippen molar-refractivity contribution >= 4 is 17.6 Å². The van der Waals surface area contributed by atoms with Crippen LogP contribution in [0.5, 0.6) is 11.5 Å². The van der Waals surface area contributed by atoms with Gasteiger partial charge in [-0.25, -0.2) is 0 Å². The lowest BCUT2D eigenvalue weighted by molar-refractivity contribution is 0.395. The van der Waals surface area contributed by atoms with E-state index in [1.165, 1.54) is 5.56 Å². The van der Waals surface area contributed by atoms with Crippen LogP contribution >= 0.6 is 0 Å². The van der Waals surface area contributed by atoms with Crippen molar-refractivity contribution in [1.29, 1.82) is 0 Å². The molecular weight excluding hydrogens is 342 g/mol.